The summed E-state index contributed by atoms with van der Waals surface area (Å²) in [4.78, 5) is 12.6. The van der Waals surface area contributed by atoms with E-state index in [0.717, 1.165) is 33.9 Å². The van der Waals surface area contributed by atoms with Gasteiger partial charge in [-0.1, -0.05) is 48.5 Å². The van der Waals surface area contributed by atoms with Crippen molar-refractivity contribution in [3.63, 3.8) is 0 Å². The largest absolute Gasteiger partial charge is 0.358 e. The second-order valence-electron chi connectivity index (χ2n) is 6.97. The van der Waals surface area contributed by atoms with Gasteiger partial charge in [0.05, 0.1) is 29.8 Å². The molecule has 0 atom stereocenters. The molecule has 0 unspecified atom stereocenters. The highest BCUT2D eigenvalue weighted by atomic mass is 15.2. The maximum atomic E-state index is 4.77. The lowest BCUT2D eigenvalue weighted by atomic mass is 10.0. The Labute approximate surface area is 162 Å². The van der Waals surface area contributed by atoms with Crippen molar-refractivity contribution in [3.05, 3.63) is 78.3 Å². The Kier molecular flexibility index (Phi) is 3.83. The van der Waals surface area contributed by atoms with Gasteiger partial charge in [-0.2, -0.15) is 5.10 Å². The van der Waals surface area contributed by atoms with Gasteiger partial charge < -0.3 is 9.55 Å². The number of rotatable bonds is 4. The van der Waals surface area contributed by atoms with Crippen molar-refractivity contribution in [2.45, 2.75) is 20.4 Å². The zero-order chi connectivity index (χ0) is 19.1. The van der Waals surface area contributed by atoms with Gasteiger partial charge in [0.15, 0.2) is 0 Å². The molecule has 0 fully saturated rings. The number of H-pyrrole nitrogens is 2. The minimum Gasteiger partial charge on any atom is -0.358 e. The highest BCUT2D eigenvalue weighted by molar-refractivity contribution is 5.98. The van der Waals surface area contributed by atoms with Crippen molar-refractivity contribution in [1.29, 1.82) is 0 Å². The molecule has 0 aliphatic rings. The number of imidazole rings is 1. The zero-order valence-electron chi connectivity index (χ0n) is 15.8. The molecule has 0 spiro atoms. The van der Waals surface area contributed by atoms with Crippen LogP contribution < -0.4 is 0 Å². The smallest absolute Gasteiger partial charge is 0.144 e. The first-order valence-corrected chi connectivity index (χ1v) is 9.25. The fourth-order valence-corrected chi connectivity index (χ4v) is 3.74. The predicted octanol–water partition coefficient (Wildman–Crippen LogP) is 4.48. The summed E-state index contributed by atoms with van der Waals surface area (Å²) in [6.45, 7) is 4.84. The number of para-hydroxylation sites is 1. The average molecular weight is 368 g/mol. The number of aromatic amines is 2. The third-order valence-electron chi connectivity index (χ3n) is 5.27. The molecule has 6 nitrogen and oxygen atoms in total. The van der Waals surface area contributed by atoms with Crippen LogP contribution in [-0.4, -0.2) is 29.7 Å². The molecule has 28 heavy (non-hydrogen) atoms. The molecule has 2 aromatic carbocycles. The lowest BCUT2D eigenvalue weighted by Crippen LogP contribution is -2.03. The van der Waals surface area contributed by atoms with Gasteiger partial charge in [-0.05, 0) is 19.4 Å². The predicted molar refractivity (Wildman–Crippen MR) is 110 cm³/mol. The van der Waals surface area contributed by atoms with Crippen molar-refractivity contribution in [3.8, 4) is 22.5 Å². The van der Waals surface area contributed by atoms with E-state index in [0.29, 0.717) is 6.54 Å². The van der Waals surface area contributed by atoms with Gasteiger partial charge in [0.25, 0.3) is 0 Å². The highest BCUT2D eigenvalue weighted by Crippen LogP contribution is 2.36. The zero-order valence-corrected chi connectivity index (χ0v) is 15.8. The van der Waals surface area contributed by atoms with Crippen LogP contribution in [0.15, 0.2) is 61.2 Å². The molecule has 0 saturated heterocycles. The second-order valence-corrected chi connectivity index (χ2v) is 6.97. The third-order valence-corrected chi connectivity index (χ3v) is 5.27. The Morgan fingerprint density at radius 2 is 1.82 bits per heavy atom. The van der Waals surface area contributed by atoms with E-state index in [-0.39, 0.29) is 0 Å². The lowest BCUT2D eigenvalue weighted by molar-refractivity contribution is 0.754. The first-order valence-electron chi connectivity index (χ1n) is 9.25. The number of hydrogen-bond donors (Lipinski definition) is 2. The summed E-state index contributed by atoms with van der Waals surface area (Å²) in [7, 11) is 0. The minimum atomic E-state index is 0.574. The maximum absolute atomic E-state index is 4.77. The van der Waals surface area contributed by atoms with Crippen molar-refractivity contribution in [2.24, 2.45) is 0 Å². The fraction of sp³-hybridized carbons (Fsp3) is 0.136. The lowest BCUT2D eigenvalue weighted by Gasteiger charge is -2.11. The van der Waals surface area contributed by atoms with Gasteiger partial charge in [-0.15, -0.1) is 0 Å². The topological polar surface area (TPSA) is 75.2 Å². The van der Waals surface area contributed by atoms with Gasteiger partial charge in [0, 0.05) is 22.2 Å². The van der Waals surface area contributed by atoms with Crippen LogP contribution in [0.3, 0.4) is 0 Å². The highest BCUT2D eigenvalue weighted by Gasteiger charge is 2.19. The maximum Gasteiger partial charge on any atom is 0.144 e. The molecular weight excluding hydrogens is 348 g/mol. The molecule has 6 heteroatoms. The number of aryl methyl sites for hydroxylation is 2. The molecule has 5 aromatic rings. The molecule has 138 valence electrons. The second kappa shape index (κ2) is 6.49. The number of nitrogens with one attached hydrogen (secondary N) is 2. The molecule has 0 amide bonds. The Morgan fingerprint density at radius 1 is 0.964 bits per heavy atom. The number of benzene rings is 2. The Balaban J connectivity index is 1.77. The van der Waals surface area contributed by atoms with Crippen LogP contribution in [0.25, 0.3) is 33.4 Å². The molecule has 3 heterocycles. The normalized spacial score (nSPS) is 11.4. The van der Waals surface area contributed by atoms with Crippen LogP contribution in [0, 0.1) is 13.8 Å². The van der Waals surface area contributed by atoms with E-state index >= 15 is 0 Å². The first kappa shape index (κ1) is 16.5. The number of hydrogen-bond acceptors (Lipinski definition) is 3. The van der Waals surface area contributed by atoms with Gasteiger partial charge in [0.2, 0.25) is 0 Å². The monoisotopic (exact) mass is 368 g/mol. The Bertz CT molecular complexity index is 1250. The third kappa shape index (κ3) is 2.62. The van der Waals surface area contributed by atoms with Crippen LogP contribution in [0.5, 0.6) is 0 Å². The molecular formula is C22H20N6. The van der Waals surface area contributed by atoms with Crippen LogP contribution in [0.4, 0.5) is 0 Å². The van der Waals surface area contributed by atoms with Gasteiger partial charge in [-0.25, -0.2) is 9.97 Å². The van der Waals surface area contributed by atoms with Crippen molar-refractivity contribution >= 4 is 10.9 Å². The van der Waals surface area contributed by atoms with Gasteiger partial charge in [-0.3, -0.25) is 5.10 Å². The molecule has 2 N–H and O–H groups in total. The summed E-state index contributed by atoms with van der Waals surface area (Å²) in [5.74, 6) is 0.796. The summed E-state index contributed by atoms with van der Waals surface area (Å²) in [6, 6.07) is 16.7. The summed E-state index contributed by atoms with van der Waals surface area (Å²) in [5, 5.41) is 8.16. The molecule has 3 aromatic heterocycles. The minimum absolute atomic E-state index is 0.574. The van der Waals surface area contributed by atoms with E-state index in [1.165, 1.54) is 23.0 Å². The molecule has 0 saturated carbocycles. The summed E-state index contributed by atoms with van der Waals surface area (Å²) >= 11 is 0. The van der Waals surface area contributed by atoms with Crippen molar-refractivity contribution in [1.82, 2.24) is 29.7 Å². The van der Waals surface area contributed by atoms with E-state index in [1.807, 2.05) is 24.5 Å². The van der Waals surface area contributed by atoms with E-state index in [4.69, 9.17) is 4.98 Å². The number of fused-ring (bicyclic) bond motifs is 1. The van der Waals surface area contributed by atoms with Crippen molar-refractivity contribution < 1.29 is 0 Å². The van der Waals surface area contributed by atoms with Crippen LogP contribution in [0.1, 0.15) is 17.1 Å². The molecule has 0 aliphatic heterocycles. The Morgan fingerprint density at radius 3 is 2.61 bits per heavy atom. The standard InChI is InChI=1S/C22H20N6/c1-14-15(2)26-21-17(14)9-6-10-18(21)22-20(16-7-4-3-5-8-16)24-13-28(22)11-19-23-12-25-27-19/h3-10,12-13,26H,11H2,1-2H3,(H,23,25,27). The summed E-state index contributed by atoms with van der Waals surface area (Å²) < 4.78 is 2.13. The van der Waals surface area contributed by atoms with Gasteiger partial charge >= 0.3 is 0 Å². The van der Waals surface area contributed by atoms with E-state index in [2.05, 4.69) is 68.9 Å². The number of aromatic nitrogens is 6. The van der Waals surface area contributed by atoms with E-state index < -0.39 is 0 Å². The first-order chi connectivity index (χ1) is 13.7. The van der Waals surface area contributed by atoms with Crippen molar-refractivity contribution in [2.75, 3.05) is 0 Å². The molecule has 0 bridgehead atoms. The van der Waals surface area contributed by atoms with E-state index in [9.17, 15) is 0 Å². The average Bonchev–Trinajstić information content (AvgIpc) is 3.44. The SMILES string of the molecule is Cc1[nH]c2c(-c3c(-c4ccccc4)ncn3Cc3ncn[nH]3)cccc2c1C. The fourth-order valence-electron chi connectivity index (χ4n) is 3.74. The molecule has 0 radical (unpaired) electrons. The van der Waals surface area contributed by atoms with Crippen LogP contribution in [-0.2, 0) is 6.54 Å². The molecule has 5 rings (SSSR count). The van der Waals surface area contributed by atoms with Crippen LogP contribution in [0.2, 0.25) is 0 Å². The molecule has 0 aliphatic carbocycles. The quantitative estimate of drug-likeness (QED) is 0.491. The summed E-state index contributed by atoms with van der Waals surface area (Å²) in [5.41, 5.74) is 7.83. The van der Waals surface area contributed by atoms with Crippen LogP contribution >= 0.6 is 0 Å². The van der Waals surface area contributed by atoms with Gasteiger partial charge in [0.1, 0.15) is 12.2 Å². The number of nitrogens with zero attached hydrogens (tertiary/aromatic N) is 4. The summed E-state index contributed by atoms with van der Waals surface area (Å²) in [6.07, 6.45) is 3.41. The Hall–Kier alpha value is -3.67. The van der Waals surface area contributed by atoms with E-state index in [1.54, 1.807) is 0 Å².